The Balaban J connectivity index is 2.25. The highest BCUT2D eigenvalue weighted by atomic mass is 15.3. The molecule has 1 fully saturated rings. The van der Waals surface area contributed by atoms with Gasteiger partial charge in [-0.05, 0) is 26.2 Å². The zero-order valence-electron chi connectivity index (χ0n) is 11.7. The van der Waals surface area contributed by atoms with Crippen LogP contribution >= 0.6 is 0 Å². The largest absolute Gasteiger partial charge is 0.301 e. The Bertz CT molecular complexity index is 172. The highest BCUT2D eigenvalue weighted by Gasteiger charge is 2.20. The van der Waals surface area contributed by atoms with Crippen molar-refractivity contribution in [3.05, 3.63) is 0 Å². The summed E-state index contributed by atoms with van der Waals surface area (Å²) in [7, 11) is 0. The monoisotopic (exact) mass is 226 g/mol. The van der Waals surface area contributed by atoms with Gasteiger partial charge in [-0.3, -0.25) is 4.90 Å². The van der Waals surface area contributed by atoms with E-state index in [1.165, 1.54) is 52.0 Å². The van der Waals surface area contributed by atoms with Crippen LogP contribution in [0.1, 0.15) is 47.0 Å². The van der Waals surface area contributed by atoms with Crippen LogP contribution in [0.25, 0.3) is 0 Å². The van der Waals surface area contributed by atoms with E-state index in [0.29, 0.717) is 0 Å². The van der Waals surface area contributed by atoms with E-state index in [2.05, 4.69) is 37.5 Å². The third kappa shape index (κ3) is 4.42. The molecule has 1 rings (SSSR count). The molecule has 0 radical (unpaired) electrons. The average Bonchev–Trinajstić information content (AvgIpc) is 2.29. The Morgan fingerprint density at radius 2 is 1.62 bits per heavy atom. The summed E-state index contributed by atoms with van der Waals surface area (Å²) >= 11 is 0. The SMILES string of the molecule is CCC[C@H](CC)CN1CCN(C(C)C)CC1. The molecule has 0 spiro atoms. The number of hydrogen-bond donors (Lipinski definition) is 0. The summed E-state index contributed by atoms with van der Waals surface area (Å²) in [6.07, 6.45) is 4.09. The Labute approximate surface area is 102 Å². The minimum atomic E-state index is 0.722. The zero-order chi connectivity index (χ0) is 12.0. The molecule has 0 aromatic carbocycles. The summed E-state index contributed by atoms with van der Waals surface area (Å²) in [5.74, 6) is 0.926. The van der Waals surface area contributed by atoms with Crippen LogP contribution < -0.4 is 0 Å². The van der Waals surface area contributed by atoms with Gasteiger partial charge in [-0.25, -0.2) is 0 Å². The number of piperazine rings is 1. The smallest absolute Gasteiger partial charge is 0.0113 e. The average molecular weight is 226 g/mol. The van der Waals surface area contributed by atoms with Gasteiger partial charge in [-0.2, -0.15) is 0 Å². The quantitative estimate of drug-likeness (QED) is 0.687. The first-order chi connectivity index (χ1) is 7.67. The zero-order valence-corrected chi connectivity index (χ0v) is 11.7. The number of rotatable bonds is 6. The molecule has 0 aromatic rings. The van der Waals surface area contributed by atoms with Crippen LogP contribution in [0, 0.1) is 5.92 Å². The van der Waals surface area contributed by atoms with Gasteiger partial charge in [0.15, 0.2) is 0 Å². The van der Waals surface area contributed by atoms with Crippen molar-refractivity contribution in [2.75, 3.05) is 32.7 Å². The van der Waals surface area contributed by atoms with Crippen molar-refractivity contribution in [1.82, 2.24) is 9.80 Å². The fourth-order valence-corrected chi connectivity index (χ4v) is 2.66. The topological polar surface area (TPSA) is 6.48 Å². The maximum Gasteiger partial charge on any atom is 0.0113 e. The van der Waals surface area contributed by atoms with E-state index in [1.807, 2.05) is 0 Å². The van der Waals surface area contributed by atoms with Gasteiger partial charge in [-0.15, -0.1) is 0 Å². The lowest BCUT2D eigenvalue weighted by Crippen LogP contribution is -2.49. The molecule has 1 aliphatic heterocycles. The molecule has 0 aromatic heterocycles. The first-order valence-corrected chi connectivity index (χ1v) is 7.13. The van der Waals surface area contributed by atoms with E-state index in [4.69, 9.17) is 0 Å². The van der Waals surface area contributed by atoms with Gasteiger partial charge in [0.05, 0.1) is 0 Å². The van der Waals surface area contributed by atoms with Gasteiger partial charge in [0, 0.05) is 38.8 Å². The molecule has 0 bridgehead atoms. The number of nitrogens with zero attached hydrogens (tertiary/aromatic N) is 2. The molecule has 0 N–H and O–H groups in total. The lowest BCUT2D eigenvalue weighted by atomic mass is 10.00. The third-order valence-corrected chi connectivity index (χ3v) is 3.93. The molecule has 1 atom stereocenters. The molecule has 2 heteroatoms. The fraction of sp³-hybridized carbons (Fsp3) is 1.00. The van der Waals surface area contributed by atoms with Crippen LogP contribution in [0.3, 0.4) is 0 Å². The van der Waals surface area contributed by atoms with Crippen LogP contribution in [-0.2, 0) is 0 Å². The summed E-state index contributed by atoms with van der Waals surface area (Å²) in [6, 6.07) is 0.722. The molecule has 0 saturated carbocycles. The number of hydrogen-bond acceptors (Lipinski definition) is 2. The van der Waals surface area contributed by atoms with Crippen molar-refractivity contribution >= 4 is 0 Å². The van der Waals surface area contributed by atoms with Crippen molar-refractivity contribution in [1.29, 1.82) is 0 Å². The lowest BCUT2D eigenvalue weighted by Gasteiger charge is -2.38. The molecule has 96 valence electrons. The van der Waals surface area contributed by atoms with E-state index in [-0.39, 0.29) is 0 Å². The van der Waals surface area contributed by atoms with E-state index in [1.54, 1.807) is 0 Å². The molecule has 0 aliphatic carbocycles. The summed E-state index contributed by atoms with van der Waals surface area (Å²) in [5.41, 5.74) is 0. The maximum absolute atomic E-state index is 2.67. The summed E-state index contributed by atoms with van der Waals surface area (Å²) in [6.45, 7) is 15.7. The predicted octanol–water partition coefficient (Wildman–Crippen LogP) is 2.84. The minimum Gasteiger partial charge on any atom is -0.301 e. The molecule has 2 nitrogen and oxygen atoms in total. The van der Waals surface area contributed by atoms with Crippen molar-refractivity contribution in [2.45, 2.75) is 53.0 Å². The fourth-order valence-electron chi connectivity index (χ4n) is 2.66. The molecule has 1 heterocycles. The Morgan fingerprint density at radius 1 is 1.00 bits per heavy atom. The molecule has 1 aliphatic rings. The van der Waals surface area contributed by atoms with Gasteiger partial charge in [-0.1, -0.05) is 26.7 Å². The molecule has 16 heavy (non-hydrogen) atoms. The van der Waals surface area contributed by atoms with Gasteiger partial charge < -0.3 is 4.90 Å². The molecule has 1 saturated heterocycles. The molecule has 0 amide bonds. The standard InChI is InChI=1S/C14H30N2/c1-5-7-14(6-2)12-15-8-10-16(11-9-15)13(3)4/h13-14H,5-12H2,1-4H3/t14-/m0/s1. The van der Waals surface area contributed by atoms with Crippen LogP contribution in [0.15, 0.2) is 0 Å². The summed E-state index contributed by atoms with van der Waals surface area (Å²) in [5, 5.41) is 0. The van der Waals surface area contributed by atoms with E-state index in [9.17, 15) is 0 Å². The van der Waals surface area contributed by atoms with E-state index >= 15 is 0 Å². The Kier molecular flexibility index (Phi) is 6.37. The predicted molar refractivity (Wildman–Crippen MR) is 71.8 cm³/mol. The van der Waals surface area contributed by atoms with Crippen molar-refractivity contribution in [3.8, 4) is 0 Å². The molecule has 0 unspecified atom stereocenters. The Morgan fingerprint density at radius 3 is 2.06 bits per heavy atom. The second-order valence-electron chi connectivity index (χ2n) is 5.49. The van der Waals surface area contributed by atoms with E-state index < -0.39 is 0 Å². The van der Waals surface area contributed by atoms with Gasteiger partial charge >= 0.3 is 0 Å². The first-order valence-electron chi connectivity index (χ1n) is 7.13. The highest BCUT2D eigenvalue weighted by Crippen LogP contribution is 2.14. The molecular formula is C14H30N2. The highest BCUT2D eigenvalue weighted by molar-refractivity contribution is 4.75. The lowest BCUT2D eigenvalue weighted by molar-refractivity contribution is 0.0948. The Hall–Kier alpha value is -0.0800. The minimum absolute atomic E-state index is 0.722. The van der Waals surface area contributed by atoms with Crippen LogP contribution in [0.2, 0.25) is 0 Å². The van der Waals surface area contributed by atoms with Crippen LogP contribution in [-0.4, -0.2) is 48.6 Å². The first kappa shape index (κ1) is 14.0. The van der Waals surface area contributed by atoms with Crippen molar-refractivity contribution in [3.63, 3.8) is 0 Å². The second kappa shape index (κ2) is 7.29. The van der Waals surface area contributed by atoms with Gasteiger partial charge in [0.2, 0.25) is 0 Å². The normalized spacial score (nSPS) is 21.6. The van der Waals surface area contributed by atoms with Crippen molar-refractivity contribution < 1.29 is 0 Å². The van der Waals surface area contributed by atoms with Gasteiger partial charge in [0.25, 0.3) is 0 Å². The van der Waals surface area contributed by atoms with Crippen LogP contribution in [0.5, 0.6) is 0 Å². The summed E-state index contributed by atoms with van der Waals surface area (Å²) in [4.78, 5) is 5.26. The van der Waals surface area contributed by atoms with Crippen LogP contribution in [0.4, 0.5) is 0 Å². The summed E-state index contributed by atoms with van der Waals surface area (Å²) < 4.78 is 0. The van der Waals surface area contributed by atoms with E-state index in [0.717, 1.165) is 12.0 Å². The maximum atomic E-state index is 2.67. The van der Waals surface area contributed by atoms with Gasteiger partial charge in [0.1, 0.15) is 0 Å². The van der Waals surface area contributed by atoms with Crippen molar-refractivity contribution in [2.24, 2.45) is 5.92 Å². The second-order valence-corrected chi connectivity index (χ2v) is 5.49. The molecular weight excluding hydrogens is 196 g/mol. The third-order valence-electron chi connectivity index (χ3n) is 3.93.